The van der Waals surface area contributed by atoms with Crippen molar-refractivity contribution in [1.82, 2.24) is 0 Å². The molecule has 0 radical (unpaired) electrons. The largest absolute Gasteiger partial charge is 0.465 e. The highest BCUT2D eigenvalue weighted by Crippen LogP contribution is 2.32. The summed E-state index contributed by atoms with van der Waals surface area (Å²) in [5, 5.41) is 2.50. The van der Waals surface area contributed by atoms with E-state index in [2.05, 4.69) is 26.1 Å². The van der Waals surface area contributed by atoms with E-state index in [1.807, 2.05) is 12.1 Å². The summed E-state index contributed by atoms with van der Waals surface area (Å²) >= 11 is 6.21. The normalized spacial score (nSPS) is 13.6. The third kappa shape index (κ3) is 5.31. The predicted molar refractivity (Wildman–Crippen MR) is 143 cm³/mol. The molecular formula is C29H25ClN2O6. The van der Waals surface area contributed by atoms with Crippen molar-refractivity contribution in [2.75, 3.05) is 17.3 Å². The number of anilines is 2. The molecule has 0 spiro atoms. The van der Waals surface area contributed by atoms with Crippen molar-refractivity contribution >= 4 is 46.7 Å². The molecule has 0 aromatic heterocycles. The zero-order chi connectivity index (χ0) is 27.6. The molecule has 3 aromatic carbocycles. The zero-order valence-corrected chi connectivity index (χ0v) is 22.0. The van der Waals surface area contributed by atoms with E-state index in [1.54, 1.807) is 36.4 Å². The number of halogens is 1. The Morgan fingerprint density at radius 3 is 2.08 bits per heavy atom. The molecule has 0 bridgehead atoms. The number of nitrogens with one attached hydrogen (secondary N) is 1. The second-order valence-electron chi connectivity index (χ2n) is 9.51. The Morgan fingerprint density at radius 1 is 0.842 bits per heavy atom. The van der Waals surface area contributed by atoms with Crippen LogP contribution >= 0.6 is 11.6 Å². The van der Waals surface area contributed by atoms with Crippen molar-refractivity contribution in [2.24, 2.45) is 0 Å². The third-order valence-electron chi connectivity index (χ3n) is 5.90. The van der Waals surface area contributed by atoms with Crippen LogP contribution < -0.4 is 15.0 Å². The van der Waals surface area contributed by atoms with Gasteiger partial charge < -0.3 is 14.8 Å². The fourth-order valence-corrected chi connectivity index (χ4v) is 4.02. The first-order chi connectivity index (χ1) is 18.0. The van der Waals surface area contributed by atoms with Gasteiger partial charge in [-0.3, -0.25) is 9.59 Å². The van der Waals surface area contributed by atoms with Gasteiger partial charge in [-0.15, -0.1) is 0 Å². The molecule has 0 saturated heterocycles. The van der Waals surface area contributed by atoms with Gasteiger partial charge in [0.1, 0.15) is 16.5 Å². The van der Waals surface area contributed by atoms with E-state index in [0.29, 0.717) is 11.4 Å². The number of ether oxygens (including phenoxy) is 2. The Labute approximate surface area is 224 Å². The van der Waals surface area contributed by atoms with Crippen molar-refractivity contribution in [1.29, 1.82) is 0 Å². The van der Waals surface area contributed by atoms with Gasteiger partial charge in [0, 0.05) is 5.69 Å². The maximum Gasteiger partial charge on any atom is 0.343 e. The molecule has 194 valence electrons. The minimum atomic E-state index is -0.784. The minimum absolute atomic E-state index is 0.0171. The molecule has 1 aliphatic heterocycles. The van der Waals surface area contributed by atoms with Gasteiger partial charge >= 0.3 is 11.9 Å². The van der Waals surface area contributed by atoms with Gasteiger partial charge in [0.2, 0.25) is 0 Å². The Hall–Kier alpha value is -4.43. The number of methoxy groups -OCH3 is 1. The molecule has 4 rings (SSSR count). The number of carbonyl (C=O) groups excluding carboxylic acids is 4. The quantitative estimate of drug-likeness (QED) is 0.257. The monoisotopic (exact) mass is 532 g/mol. The molecule has 2 amide bonds. The SMILES string of the molecule is COC(=O)c1ccccc1N1C(=O)C(Cl)=C(Nc2ccc(C(=O)Oc3ccc(C(C)(C)C)cc3)cc2)C1=O. The third-order valence-corrected chi connectivity index (χ3v) is 6.25. The molecule has 0 atom stereocenters. The highest BCUT2D eigenvalue weighted by Gasteiger charge is 2.40. The lowest BCUT2D eigenvalue weighted by Crippen LogP contribution is -2.33. The van der Waals surface area contributed by atoms with Crippen molar-refractivity contribution < 1.29 is 28.7 Å². The van der Waals surface area contributed by atoms with Gasteiger partial charge in [0.25, 0.3) is 11.8 Å². The Bertz CT molecular complexity index is 1450. The number of imide groups is 1. The topological polar surface area (TPSA) is 102 Å². The first-order valence-electron chi connectivity index (χ1n) is 11.7. The number of benzene rings is 3. The van der Waals surface area contributed by atoms with E-state index in [0.717, 1.165) is 10.5 Å². The molecule has 3 aromatic rings. The van der Waals surface area contributed by atoms with Gasteiger partial charge in [-0.1, -0.05) is 56.6 Å². The van der Waals surface area contributed by atoms with E-state index in [9.17, 15) is 19.2 Å². The fourth-order valence-electron chi connectivity index (χ4n) is 3.80. The second kappa shape index (κ2) is 10.5. The van der Waals surface area contributed by atoms with Gasteiger partial charge in [0.15, 0.2) is 0 Å². The van der Waals surface area contributed by atoms with Gasteiger partial charge in [-0.2, -0.15) is 0 Å². The van der Waals surface area contributed by atoms with Crippen LogP contribution in [0.2, 0.25) is 0 Å². The van der Waals surface area contributed by atoms with E-state index in [4.69, 9.17) is 21.1 Å². The van der Waals surface area contributed by atoms with Crippen LogP contribution in [0, 0.1) is 0 Å². The maximum absolute atomic E-state index is 13.1. The summed E-state index contributed by atoms with van der Waals surface area (Å²) in [6.07, 6.45) is 0. The average Bonchev–Trinajstić information content (AvgIpc) is 3.11. The number of hydrogen-bond acceptors (Lipinski definition) is 7. The summed E-state index contributed by atoms with van der Waals surface area (Å²) in [4.78, 5) is 51.5. The number of hydrogen-bond donors (Lipinski definition) is 1. The summed E-state index contributed by atoms with van der Waals surface area (Å²) in [5.41, 5.74) is 1.73. The molecule has 1 N–H and O–H groups in total. The molecule has 9 heteroatoms. The lowest BCUT2D eigenvalue weighted by molar-refractivity contribution is -0.120. The summed E-state index contributed by atoms with van der Waals surface area (Å²) in [6, 6.07) is 19.5. The minimum Gasteiger partial charge on any atom is -0.465 e. The molecule has 0 saturated carbocycles. The first-order valence-corrected chi connectivity index (χ1v) is 12.0. The van der Waals surface area contributed by atoms with Crippen molar-refractivity contribution in [3.63, 3.8) is 0 Å². The van der Waals surface area contributed by atoms with Gasteiger partial charge in [-0.25, -0.2) is 14.5 Å². The molecule has 8 nitrogen and oxygen atoms in total. The van der Waals surface area contributed by atoms with Gasteiger partial charge in [0.05, 0.1) is 23.9 Å². The molecule has 38 heavy (non-hydrogen) atoms. The first kappa shape index (κ1) is 26.6. The lowest BCUT2D eigenvalue weighted by Gasteiger charge is -2.19. The van der Waals surface area contributed by atoms with E-state index >= 15 is 0 Å². The van der Waals surface area contributed by atoms with E-state index in [-0.39, 0.29) is 33.0 Å². The number of nitrogens with zero attached hydrogens (tertiary/aromatic N) is 1. The molecular weight excluding hydrogens is 508 g/mol. The van der Waals surface area contributed by atoms with Crippen LogP contribution in [0.5, 0.6) is 5.75 Å². The summed E-state index contributed by atoms with van der Waals surface area (Å²) in [6.45, 7) is 6.29. The summed E-state index contributed by atoms with van der Waals surface area (Å²) in [5.74, 6) is -2.35. The number of carbonyl (C=O) groups is 4. The smallest absolute Gasteiger partial charge is 0.343 e. The van der Waals surface area contributed by atoms with E-state index in [1.165, 1.54) is 31.4 Å². The van der Waals surface area contributed by atoms with Gasteiger partial charge in [-0.05, 0) is 59.5 Å². The highest BCUT2D eigenvalue weighted by molar-refractivity contribution is 6.53. The molecule has 1 aliphatic rings. The molecule has 0 unspecified atom stereocenters. The molecule has 0 aliphatic carbocycles. The molecule has 1 heterocycles. The Balaban J connectivity index is 1.48. The number of para-hydroxylation sites is 1. The van der Waals surface area contributed by atoms with E-state index < -0.39 is 23.8 Å². The number of esters is 2. The van der Waals surface area contributed by atoms with Crippen LogP contribution in [-0.4, -0.2) is 30.9 Å². The summed E-state index contributed by atoms with van der Waals surface area (Å²) in [7, 11) is 1.20. The maximum atomic E-state index is 13.1. The van der Waals surface area contributed by atoms with Crippen LogP contribution in [-0.2, 0) is 19.7 Å². The van der Waals surface area contributed by atoms with Crippen molar-refractivity contribution in [2.45, 2.75) is 26.2 Å². The zero-order valence-electron chi connectivity index (χ0n) is 21.2. The lowest BCUT2D eigenvalue weighted by atomic mass is 9.87. The van der Waals surface area contributed by atoms with Crippen LogP contribution in [0.15, 0.2) is 83.5 Å². The fraction of sp³-hybridized carbons (Fsp3) is 0.172. The van der Waals surface area contributed by atoms with Crippen molar-refractivity contribution in [3.8, 4) is 5.75 Å². The number of rotatable bonds is 6. The Kier molecular flexibility index (Phi) is 7.37. The highest BCUT2D eigenvalue weighted by atomic mass is 35.5. The number of amides is 2. The standard InChI is InChI=1S/C29H25ClN2O6/c1-29(2,3)18-11-15-20(16-12-18)38-27(35)17-9-13-19(14-10-17)31-24-23(30)25(33)32(26(24)34)22-8-6-5-7-21(22)28(36)37-4/h5-16,31H,1-4H3. The van der Waals surface area contributed by atoms with Crippen LogP contribution in [0.1, 0.15) is 47.1 Å². The average molecular weight is 533 g/mol. The predicted octanol–water partition coefficient (Wildman–Crippen LogP) is 5.43. The van der Waals surface area contributed by atoms with Crippen LogP contribution in [0.3, 0.4) is 0 Å². The molecule has 0 fully saturated rings. The second-order valence-corrected chi connectivity index (χ2v) is 9.89. The van der Waals surface area contributed by atoms with Crippen LogP contribution in [0.25, 0.3) is 0 Å². The van der Waals surface area contributed by atoms with Crippen molar-refractivity contribution in [3.05, 3.63) is 100 Å². The summed E-state index contributed by atoms with van der Waals surface area (Å²) < 4.78 is 10.2. The van der Waals surface area contributed by atoms with Crippen LogP contribution in [0.4, 0.5) is 11.4 Å². The Morgan fingerprint density at radius 2 is 1.47 bits per heavy atom.